The first-order valence-electron chi connectivity index (χ1n) is 13.7. The third-order valence-corrected chi connectivity index (χ3v) is 7.58. The van der Waals surface area contributed by atoms with Crippen molar-refractivity contribution in [1.82, 2.24) is 30.2 Å². The van der Waals surface area contributed by atoms with Crippen LogP contribution in [0.25, 0.3) is 0 Å². The first kappa shape index (κ1) is 26.1. The Morgan fingerprint density at radius 2 is 1.98 bits per heavy atom. The van der Waals surface area contributed by atoms with Crippen LogP contribution < -0.4 is 19.7 Å². The van der Waals surface area contributed by atoms with E-state index < -0.39 is 0 Å². The minimum absolute atomic E-state index is 0.0237. The Kier molecular flexibility index (Phi) is 7.49. The summed E-state index contributed by atoms with van der Waals surface area (Å²) < 4.78 is 19.3. The predicted octanol–water partition coefficient (Wildman–Crippen LogP) is 1.90. The number of nitrogens with zero attached hydrogens (tertiary/aromatic N) is 6. The first-order valence-corrected chi connectivity index (χ1v) is 13.7. The third-order valence-electron chi connectivity index (χ3n) is 7.58. The van der Waals surface area contributed by atoms with Gasteiger partial charge >= 0.3 is 0 Å². The van der Waals surface area contributed by atoms with E-state index in [9.17, 15) is 9.59 Å². The van der Waals surface area contributed by atoms with Crippen LogP contribution in [0, 0.1) is 0 Å². The zero-order valence-corrected chi connectivity index (χ0v) is 22.5. The van der Waals surface area contributed by atoms with Crippen molar-refractivity contribution < 1.29 is 23.8 Å². The van der Waals surface area contributed by atoms with Crippen molar-refractivity contribution >= 4 is 17.6 Å². The number of pyridine rings is 1. The number of likely N-dealkylation sites (tertiary alicyclic amines) is 1. The molecule has 0 radical (unpaired) electrons. The molecule has 12 nitrogen and oxygen atoms in total. The van der Waals surface area contributed by atoms with Gasteiger partial charge < -0.3 is 29.3 Å². The molecule has 12 heteroatoms. The molecule has 4 bridgehead atoms. The van der Waals surface area contributed by atoms with Crippen molar-refractivity contribution in [1.29, 1.82) is 0 Å². The van der Waals surface area contributed by atoms with E-state index in [4.69, 9.17) is 14.2 Å². The lowest BCUT2D eigenvalue weighted by molar-refractivity contribution is 0.0347. The summed E-state index contributed by atoms with van der Waals surface area (Å²) in [7, 11) is 1.56. The second kappa shape index (κ2) is 11.5. The van der Waals surface area contributed by atoms with Gasteiger partial charge in [-0.05, 0) is 49.6 Å². The number of amides is 2. The molecule has 210 valence electrons. The van der Waals surface area contributed by atoms with E-state index in [1.54, 1.807) is 36.2 Å². The lowest BCUT2D eigenvalue weighted by Gasteiger charge is -2.26. The topological polar surface area (TPSA) is 124 Å². The average Bonchev–Trinajstić information content (AvgIpc) is 3.62. The summed E-state index contributed by atoms with van der Waals surface area (Å²) in [5.74, 6) is 1.54. The molecule has 3 aliphatic rings. The average molecular weight is 548 g/mol. The number of piperidine rings is 1. The number of anilines is 1. The summed E-state index contributed by atoms with van der Waals surface area (Å²) in [6.45, 7) is 3.67. The maximum atomic E-state index is 13.3. The minimum atomic E-state index is -0.315. The fourth-order valence-corrected chi connectivity index (χ4v) is 5.39. The highest BCUT2D eigenvalue weighted by Crippen LogP contribution is 2.29. The monoisotopic (exact) mass is 547 g/mol. The summed E-state index contributed by atoms with van der Waals surface area (Å²) in [5, 5.41) is 11.5. The van der Waals surface area contributed by atoms with Crippen LogP contribution in [0.5, 0.6) is 11.5 Å². The number of benzene rings is 1. The van der Waals surface area contributed by atoms with Crippen LogP contribution in [-0.2, 0) is 17.9 Å². The van der Waals surface area contributed by atoms with Gasteiger partial charge in [0, 0.05) is 37.9 Å². The normalized spacial score (nSPS) is 21.5. The Hall–Kier alpha value is -4.19. The van der Waals surface area contributed by atoms with E-state index in [1.807, 2.05) is 23.2 Å². The van der Waals surface area contributed by atoms with Crippen LogP contribution >= 0.6 is 0 Å². The molecule has 2 atom stereocenters. The molecule has 2 saturated heterocycles. The number of hydrogen-bond acceptors (Lipinski definition) is 9. The molecule has 3 aromatic rings. The van der Waals surface area contributed by atoms with Crippen molar-refractivity contribution in [3.05, 3.63) is 59.5 Å². The number of methoxy groups -OCH3 is 1. The molecule has 40 heavy (non-hydrogen) atoms. The van der Waals surface area contributed by atoms with Crippen LogP contribution in [0.15, 0.2) is 42.7 Å². The maximum absolute atomic E-state index is 13.3. The molecular weight excluding hydrogens is 514 g/mol. The van der Waals surface area contributed by atoms with Crippen LogP contribution in [0.1, 0.15) is 45.7 Å². The second-order valence-corrected chi connectivity index (χ2v) is 10.3. The standard InChI is InChI=1S/C28H33N7O5/c1-38-23-7-5-19-13-24(23)39-12-11-35-15-21(31-32-35)18-40-25-17-34(16-22(25)30-27(19)36)26-8-6-20(14-29-26)28(37)33-9-3-2-4-10-33/h5-8,13-15,22,25H,2-4,9-12,16-18H2,1H3,(H,30,36)/t22-,25-/m0/s1. The Morgan fingerprint density at radius 1 is 1.10 bits per heavy atom. The van der Waals surface area contributed by atoms with Gasteiger partial charge in [-0.15, -0.1) is 5.10 Å². The van der Waals surface area contributed by atoms with Crippen molar-refractivity contribution in [3.63, 3.8) is 0 Å². The lowest BCUT2D eigenvalue weighted by Crippen LogP contribution is -2.44. The van der Waals surface area contributed by atoms with Crippen LogP contribution in [0.2, 0.25) is 0 Å². The van der Waals surface area contributed by atoms with E-state index in [0.717, 1.165) is 31.7 Å². The fraction of sp³-hybridized carbons (Fsp3) is 0.464. The zero-order chi connectivity index (χ0) is 27.5. The molecule has 0 saturated carbocycles. The molecule has 6 rings (SSSR count). The second-order valence-electron chi connectivity index (χ2n) is 10.3. The molecule has 2 aromatic heterocycles. The smallest absolute Gasteiger partial charge is 0.255 e. The molecule has 0 unspecified atom stereocenters. The molecule has 2 amide bonds. The van der Waals surface area contributed by atoms with Gasteiger partial charge in [-0.3, -0.25) is 9.59 Å². The van der Waals surface area contributed by atoms with Crippen LogP contribution in [0.4, 0.5) is 5.82 Å². The summed E-state index contributed by atoms with van der Waals surface area (Å²) in [5.41, 5.74) is 1.74. The Bertz CT molecular complexity index is 1360. The number of rotatable bonds is 3. The molecule has 1 aromatic carbocycles. The lowest BCUT2D eigenvalue weighted by atomic mass is 10.1. The fourth-order valence-electron chi connectivity index (χ4n) is 5.39. The molecule has 1 N–H and O–H groups in total. The first-order chi connectivity index (χ1) is 19.6. The highest BCUT2D eigenvalue weighted by Gasteiger charge is 2.36. The van der Waals surface area contributed by atoms with Gasteiger partial charge in [-0.1, -0.05) is 5.21 Å². The van der Waals surface area contributed by atoms with E-state index >= 15 is 0 Å². The van der Waals surface area contributed by atoms with Gasteiger partial charge in [-0.2, -0.15) is 0 Å². The Labute approximate surface area is 232 Å². The van der Waals surface area contributed by atoms with E-state index in [2.05, 4.69) is 25.5 Å². The number of hydrogen-bond donors (Lipinski definition) is 1. The molecule has 5 heterocycles. The van der Waals surface area contributed by atoms with Gasteiger partial charge in [0.2, 0.25) is 0 Å². The number of carbonyl (C=O) groups is 2. The number of nitrogens with one attached hydrogen (secondary N) is 1. The molecule has 0 aliphatic carbocycles. The largest absolute Gasteiger partial charge is 0.493 e. The summed E-state index contributed by atoms with van der Waals surface area (Å²) in [4.78, 5) is 34.8. The SMILES string of the molecule is COc1ccc2cc1OCCn1cc(nn1)CO[C@H]1CN(c3ccc(C(=O)N4CCCCC4)cn3)C[C@@H]1NC2=O. The van der Waals surface area contributed by atoms with Crippen molar-refractivity contribution in [2.45, 2.75) is 44.6 Å². The number of fused-ring (bicyclic) bond motifs is 5. The predicted molar refractivity (Wildman–Crippen MR) is 145 cm³/mol. The van der Waals surface area contributed by atoms with Gasteiger partial charge in [0.1, 0.15) is 18.1 Å². The van der Waals surface area contributed by atoms with E-state index in [1.165, 1.54) is 6.42 Å². The van der Waals surface area contributed by atoms with E-state index in [-0.39, 0.29) is 30.6 Å². The zero-order valence-electron chi connectivity index (χ0n) is 22.5. The van der Waals surface area contributed by atoms with Crippen LogP contribution in [-0.4, -0.2) is 88.7 Å². The van der Waals surface area contributed by atoms with Crippen molar-refractivity contribution in [2.24, 2.45) is 0 Å². The molecule has 2 fully saturated rings. The summed E-state index contributed by atoms with van der Waals surface area (Å²) in [6.07, 6.45) is 6.41. The molecular formula is C28H33N7O5. The third kappa shape index (κ3) is 5.57. The van der Waals surface area contributed by atoms with Crippen molar-refractivity contribution in [3.8, 4) is 11.5 Å². The summed E-state index contributed by atoms with van der Waals surface area (Å²) >= 11 is 0. The summed E-state index contributed by atoms with van der Waals surface area (Å²) in [6, 6.07) is 8.50. The van der Waals surface area contributed by atoms with Gasteiger partial charge in [0.15, 0.2) is 11.5 Å². The molecule has 3 aliphatic heterocycles. The van der Waals surface area contributed by atoms with Crippen LogP contribution in [0.3, 0.4) is 0 Å². The number of aromatic nitrogens is 4. The number of ether oxygens (including phenoxy) is 3. The Balaban J connectivity index is 1.22. The Morgan fingerprint density at radius 3 is 2.77 bits per heavy atom. The highest BCUT2D eigenvalue weighted by atomic mass is 16.5. The van der Waals surface area contributed by atoms with Gasteiger partial charge in [-0.25, -0.2) is 9.67 Å². The van der Waals surface area contributed by atoms with Crippen molar-refractivity contribution in [2.75, 3.05) is 44.8 Å². The minimum Gasteiger partial charge on any atom is -0.493 e. The quantitative estimate of drug-likeness (QED) is 0.524. The van der Waals surface area contributed by atoms with Gasteiger partial charge in [0.25, 0.3) is 11.8 Å². The number of carbonyl (C=O) groups excluding carboxylic acids is 2. The maximum Gasteiger partial charge on any atom is 0.255 e. The molecule has 0 spiro atoms. The highest BCUT2D eigenvalue weighted by molar-refractivity contribution is 5.95. The van der Waals surface area contributed by atoms with Gasteiger partial charge in [0.05, 0.1) is 44.2 Å². The van der Waals surface area contributed by atoms with E-state index in [0.29, 0.717) is 54.6 Å².